The van der Waals surface area contributed by atoms with Crippen LogP contribution in [-0.4, -0.2) is 65.7 Å². The van der Waals surface area contributed by atoms with Crippen LogP contribution in [0.2, 0.25) is 0 Å². The summed E-state index contributed by atoms with van der Waals surface area (Å²) in [5, 5.41) is 18.2. The average Bonchev–Trinajstić information content (AvgIpc) is 3.07. The van der Waals surface area contributed by atoms with Crippen molar-refractivity contribution in [3.8, 4) is 0 Å². The van der Waals surface area contributed by atoms with E-state index in [1.54, 1.807) is 0 Å². The molecule has 3 atom stereocenters. The van der Waals surface area contributed by atoms with Crippen LogP contribution in [0.25, 0.3) is 0 Å². The fourth-order valence-corrected chi connectivity index (χ4v) is 5.98. The number of ether oxygens (including phenoxy) is 2. The van der Waals surface area contributed by atoms with Crippen LogP contribution in [0.3, 0.4) is 0 Å². The second-order valence-electron chi connectivity index (χ2n) is 13.0. The third kappa shape index (κ3) is 33.2. The van der Waals surface area contributed by atoms with Crippen molar-refractivity contribution < 1.29 is 47.8 Å². The minimum atomic E-state index is -4.61. The maximum atomic E-state index is 12.5. The largest absolute Gasteiger partial charge is 0.472 e. The van der Waals surface area contributed by atoms with Gasteiger partial charge in [-0.3, -0.25) is 18.6 Å². The Morgan fingerprint density at radius 3 is 1.58 bits per heavy atom. The molecule has 0 aromatic carbocycles. The standard InChI is InChI=1S/C37H71O10P/c1-3-5-7-9-11-13-15-16-17-18-19-21-23-25-27-29-37(41)47-35(33-46-48(42,43)45-31-34(39)30-38)32-44-36(40)28-26-24-22-20-14-12-10-8-6-4-2/h23,25,34-35,38-39H,3-22,24,26-33H2,1-2H3,(H,42,43)/b25-23+/t34-,35+/m0/s1. The molecule has 0 aromatic heterocycles. The summed E-state index contributed by atoms with van der Waals surface area (Å²) in [4.78, 5) is 34.7. The van der Waals surface area contributed by atoms with Gasteiger partial charge in [0.25, 0.3) is 0 Å². The number of hydrogen-bond donors (Lipinski definition) is 3. The molecule has 0 fully saturated rings. The molecule has 0 rings (SSSR count). The molecule has 0 spiro atoms. The quantitative estimate of drug-likeness (QED) is 0.0249. The number of aliphatic hydroxyl groups is 2. The van der Waals surface area contributed by atoms with E-state index in [4.69, 9.17) is 19.1 Å². The van der Waals surface area contributed by atoms with Gasteiger partial charge in [-0.25, -0.2) is 4.57 Å². The third-order valence-electron chi connectivity index (χ3n) is 8.18. The number of phosphoric ester groups is 1. The Balaban J connectivity index is 4.39. The Morgan fingerprint density at radius 2 is 1.06 bits per heavy atom. The third-order valence-corrected chi connectivity index (χ3v) is 9.13. The zero-order valence-corrected chi connectivity index (χ0v) is 31.4. The van der Waals surface area contributed by atoms with Gasteiger partial charge in [0.05, 0.1) is 19.8 Å². The molecule has 0 radical (unpaired) electrons. The van der Waals surface area contributed by atoms with Crippen LogP contribution in [0.15, 0.2) is 12.2 Å². The lowest BCUT2D eigenvalue weighted by molar-refractivity contribution is -0.161. The molecule has 0 heterocycles. The number of unbranched alkanes of at least 4 members (excludes halogenated alkanes) is 20. The zero-order valence-electron chi connectivity index (χ0n) is 30.5. The lowest BCUT2D eigenvalue weighted by Crippen LogP contribution is -2.29. The Kier molecular flexibility index (Phi) is 33.3. The number of aliphatic hydroxyl groups excluding tert-OH is 2. The van der Waals surface area contributed by atoms with Gasteiger partial charge in [0.2, 0.25) is 0 Å². The first-order chi connectivity index (χ1) is 23.2. The molecule has 48 heavy (non-hydrogen) atoms. The molecule has 0 aliphatic rings. The SMILES string of the molecule is CCCCCCCCCCCCC/C=C/CCC(=O)O[C@H](COC(=O)CCCCCCCCCCCC)COP(=O)(O)OC[C@@H](O)CO. The van der Waals surface area contributed by atoms with Crippen molar-refractivity contribution >= 4 is 19.8 Å². The topological polar surface area (TPSA) is 149 Å². The number of carbonyl (C=O) groups is 2. The lowest BCUT2D eigenvalue weighted by Gasteiger charge is -2.20. The van der Waals surface area contributed by atoms with Crippen molar-refractivity contribution in [3.63, 3.8) is 0 Å². The lowest BCUT2D eigenvalue weighted by atomic mass is 10.1. The van der Waals surface area contributed by atoms with Crippen molar-refractivity contribution in [1.29, 1.82) is 0 Å². The van der Waals surface area contributed by atoms with Gasteiger partial charge in [-0.05, 0) is 25.7 Å². The van der Waals surface area contributed by atoms with Crippen LogP contribution in [0.1, 0.15) is 174 Å². The summed E-state index contributed by atoms with van der Waals surface area (Å²) < 4.78 is 32.5. The van der Waals surface area contributed by atoms with Crippen LogP contribution >= 0.6 is 7.82 Å². The molecule has 0 aliphatic carbocycles. The summed E-state index contributed by atoms with van der Waals surface area (Å²) in [7, 11) is -4.61. The minimum absolute atomic E-state index is 0.105. The number of esters is 2. The van der Waals surface area contributed by atoms with Crippen molar-refractivity contribution in [3.05, 3.63) is 12.2 Å². The summed E-state index contributed by atoms with van der Waals surface area (Å²) in [5.41, 5.74) is 0. The van der Waals surface area contributed by atoms with Crippen LogP contribution in [0.5, 0.6) is 0 Å². The molecule has 0 saturated carbocycles. The number of allylic oxidation sites excluding steroid dienone is 2. The van der Waals surface area contributed by atoms with Gasteiger partial charge >= 0.3 is 19.8 Å². The number of phosphoric acid groups is 1. The van der Waals surface area contributed by atoms with E-state index in [2.05, 4.69) is 24.4 Å². The second kappa shape index (κ2) is 34.2. The Hall–Kier alpha value is -1.29. The van der Waals surface area contributed by atoms with Crippen LogP contribution in [0.4, 0.5) is 0 Å². The van der Waals surface area contributed by atoms with Gasteiger partial charge in [-0.2, -0.15) is 0 Å². The number of rotatable bonds is 36. The molecule has 0 aliphatic heterocycles. The van der Waals surface area contributed by atoms with Gasteiger partial charge in [-0.1, -0.05) is 148 Å². The Labute approximate surface area is 292 Å². The maximum absolute atomic E-state index is 12.5. The molecule has 11 heteroatoms. The maximum Gasteiger partial charge on any atom is 0.472 e. The fourth-order valence-electron chi connectivity index (χ4n) is 5.19. The molecule has 284 valence electrons. The van der Waals surface area contributed by atoms with Crippen LogP contribution in [-0.2, 0) is 32.7 Å². The van der Waals surface area contributed by atoms with E-state index in [0.717, 1.165) is 32.1 Å². The minimum Gasteiger partial charge on any atom is -0.462 e. The van der Waals surface area contributed by atoms with Crippen molar-refractivity contribution in [2.45, 2.75) is 187 Å². The summed E-state index contributed by atoms with van der Waals surface area (Å²) in [6.07, 6.45) is 29.1. The molecule has 0 amide bonds. The Morgan fingerprint density at radius 1 is 0.604 bits per heavy atom. The first kappa shape index (κ1) is 46.7. The highest BCUT2D eigenvalue weighted by Crippen LogP contribution is 2.43. The van der Waals surface area contributed by atoms with Gasteiger partial charge in [0.15, 0.2) is 6.10 Å². The van der Waals surface area contributed by atoms with E-state index in [0.29, 0.717) is 12.8 Å². The fraction of sp³-hybridized carbons (Fsp3) is 0.892. The molecule has 3 N–H and O–H groups in total. The first-order valence-corrected chi connectivity index (χ1v) is 20.6. The zero-order chi connectivity index (χ0) is 35.6. The van der Waals surface area contributed by atoms with Crippen LogP contribution in [0, 0.1) is 0 Å². The number of carbonyl (C=O) groups excluding carboxylic acids is 2. The van der Waals surface area contributed by atoms with Gasteiger partial charge in [0, 0.05) is 12.8 Å². The first-order valence-electron chi connectivity index (χ1n) is 19.1. The molecular formula is C37H71O10P. The highest BCUT2D eigenvalue weighted by molar-refractivity contribution is 7.47. The average molecular weight is 707 g/mol. The Bertz CT molecular complexity index is 822. The van der Waals surface area contributed by atoms with E-state index in [1.165, 1.54) is 103 Å². The molecule has 0 aromatic rings. The predicted octanol–water partition coefficient (Wildman–Crippen LogP) is 9.28. The normalized spacial score (nSPS) is 14.2. The highest BCUT2D eigenvalue weighted by Gasteiger charge is 2.27. The van der Waals surface area contributed by atoms with Crippen molar-refractivity contribution in [1.82, 2.24) is 0 Å². The molecule has 10 nitrogen and oxygen atoms in total. The van der Waals surface area contributed by atoms with Crippen molar-refractivity contribution in [2.75, 3.05) is 26.4 Å². The van der Waals surface area contributed by atoms with Crippen molar-refractivity contribution in [2.24, 2.45) is 0 Å². The summed E-state index contributed by atoms with van der Waals surface area (Å²) in [6, 6.07) is 0. The van der Waals surface area contributed by atoms with E-state index in [-0.39, 0.29) is 19.4 Å². The van der Waals surface area contributed by atoms with E-state index >= 15 is 0 Å². The van der Waals surface area contributed by atoms with Gasteiger partial charge in [0.1, 0.15) is 12.7 Å². The van der Waals surface area contributed by atoms with E-state index < -0.39 is 51.8 Å². The second-order valence-corrected chi connectivity index (χ2v) is 14.4. The predicted molar refractivity (Wildman–Crippen MR) is 192 cm³/mol. The summed E-state index contributed by atoms with van der Waals surface area (Å²) >= 11 is 0. The van der Waals surface area contributed by atoms with Gasteiger partial charge < -0.3 is 24.6 Å². The van der Waals surface area contributed by atoms with E-state index in [9.17, 15) is 24.2 Å². The molecule has 0 saturated heterocycles. The van der Waals surface area contributed by atoms with Gasteiger partial charge in [-0.15, -0.1) is 0 Å². The summed E-state index contributed by atoms with van der Waals surface area (Å²) in [6.45, 7) is 2.32. The smallest absolute Gasteiger partial charge is 0.462 e. The van der Waals surface area contributed by atoms with Crippen LogP contribution < -0.4 is 0 Å². The number of hydrogen-bond acceptors (Lipinski definition) is 9. The summed E-state index contributed by atoms with van der Waals surface area (Å²) in [5.74, 6) is -0.978. The highest BCUT2D eigenvalue weighted by atomic mass is 31.2. The monoisotopic (exact) mass is 706 g/mol. The molecular weight excluding hydrogens is 635 g/mol. The molecule has 0 bridgehead atoms. The van der Waals surface area contributed by atoms with E-state index in [1.807, 2.05) is 6.08 Å². The molecule has 1 unspecified atom stereocenters.